The van der Waals surface area contributed by atoms with E-state index in [2.05, 4.69) is 11.1 Å². The van der Waals surface area contributed by atoms with Crippen LogP contribution in [0.15, 0.2) is 47.0 Å². The third kappa shape index (κ3) is 3.41. The van der Waals surface area contributed by atoms with Crippen molar-refractivity contribution < 1.29 is 9.47 Å². The first-order valence-electron chi connectivity index (χ1n) is 8.15. The summed E-state index contributed by atoms with van der Waals surface area (Å²) in [4.78, 5) is 4.62. The summed E-state index contributed by atoms with van der Waals surface area (Å²) in [5.41, 5.74) is 5.49. The van der Waals surface area contributed by atoms with Crippen molar-refractivity contribution in [1.82, 2.24) is 0 Å². The average Bonchev–Trinajstić information content (AvgIpc) is 2.66. The van der Waals surface area contributed by atoms with Gasteiger partial charge in [-0.25, -0.2) is 0 Å². The fraction of sp³-hybridized carbons (Fsp3) is 0.238. The lowest BCUT2D eigenvalue weighted by Crippen LogP contribution is -2.15. The Bertz CT molecular complexity index is 887. The molecule has 0 saturated heterocycles. The molecule has 2 aromatic carbocycles. The number of aryl methyl sites for hydroxylation is 1. The molecule has 126 valence electrons. The minimum absolute atomic E-state index is 0.553. The lowest BCUT2D eigenvalue weighted by Gasteiger charge is -2.19. The smallest absolute Gasteiger partial charge is 0.161 e. The summed E-state index contributed by atoms with van der Waals surface area (Å²) in [6.07, 6.45) is 2.70. The van der Waals surface area contributed by atoms with Crippen LogP contribution in [-0.2, 0) is 6.42 Å². The number of aliphatic imine (C=N–C) groups is 1. The summed E-state index contributed by atoms with van der Waals surface area (Å²) in [6, 6.07) is 14.3. The van der Waals surface area contributed by atoms with Crippen LogP contribution in [0.25, 0.3) is 6.08 Å². The minimum atomic E-state index is 0.553. The van der Waals surface area contributed by atoms with E-state index in [9.17, 15) is 5.26 Å². The van der Waals surface area contributed by atoms with Crippen molar-refractivity contribution in [1.29, 1.82) is 5.26 Å². The number of hydrogen-bond donors (Lipinski definition) is 0. The van der Waals surface area contributed by atoms with E-state index in [0.29, 0.717) is 29.3 Å². The number of allylic oxidation sites excluding steroid dienone is 1. The van der Waals surface area contributed by atoms with Gasteiger partial charge in [0.25, 0.3) is 0 Å². The van der Waals surface area contributed by atoms with Crippen molar-refractivity contribution in [3.8, 4) is 17.6 Å². The van der Waals surface area contributed by atoms with Gasteiger partial charge in [0, 0.05) is 12.1 Å². The zero-order chi connectivity index (χ0) is 17.8. The standard InChI is InChI=1S/C21H20N2O2/c1-14-4-6-15(7-5-14)10-17(13-22)21-18-12-20(25-3)19(24-2)11-16(18)8-9-23-21/h4-7,10-12H,8-9H2,1-3H3/b17-10+. The van der Waals surface area contributed by atoms with Gasteiger partial charge in [-0.3, -0.25) is 4.99 Å². The van der Waals surface area contributed by atoms with Crippen molar-refractivity contribution in [3.63, 3.8) is 0 Å². The molecule has 0 radical (unpaired) electrons. The van der Waals surface area contributed by atoms with E-state index < -0.39 is 0 Å². The lowest BCUT2D eigenvalue weighted by molar-refractivity contribution is 0.354. The number of methoxy groups -OCH3 is 2. The van der Waals surface area contributed by atoms with Crippen LogP contribution in [0.4, 0.5) is 0 Å². The van der Waals surface area contributed by atoms with Gasteiger partial charge in [-0.05, 0) is 42.7 Å². The van der Waals surface area contributed by atoms with Crippen molar-refractivity contribution in [2.45, 2.75) is 13.3 Å². The predicted octanol–water partition coefficient (Wildman–Crippen LogP) is 3.96. The molecule has 0 spiro atoms. The molecule has 4 nitrogen and oxygen atoms in total. The molecule has 25 heavy (non-hydrogen) atoms. The number of rotatable bonds is 4. The first kappa shape index (κ1) is 16.8. The van der Waals surface area contributed by atoms with Gasteiger partial charge >= 0.3 is 0 Å². The summed E-state index contributed by atoms with van der Waals surface area (Å²) in [5, 5.41) is 9.69. The zero-order valence-corrected chi connectivity index (χ0v) is 14.7. The highest BCUT2D eigenvalue weighted by Gasteiger charge is 2.21. The maximum atomic E-state index is 9.69. The molecule has 0 unspecified atom stereocenters. The third-order valence-electron chi connectivity index (χ3n) is 4.28. The maximum absolute atomic E-state index is 9.69. The molecule has 3 rings (SSSR count). The Morgan fingerprint density at radius 2 is 1.80 bits per heavy atom. The molecule has 4 heteroatoms. The molecule has 2 aromatic rings. The molecule has 1 aliphatic rings. The summed E-state index contributed by atoms with van der Waals surface area (Å²) < 4.78 is 10.8. The van der Waals surface area contributed by atoms with E-state index in [0.717, 1.165) is 23.1 Å². The molecule has 0 aromatic heterocycles. The number of benzene rings is 2. The van der Waals surface area contributed by atoms with Gasteiger partial charge in [0.1, 0.15) is 6.07 Å². The molecule has 0 bridgehead atoms. The van der Waals surface area contributed by atoms with Crippen LogP contribution < -0.4 is 9.47 Å². The van der Waals surface area contributed by atoms with Gasteiger partial charge in [0.2, 0.25) is 0 Å². The summed E-state index contributed by atoms with van der Waals surface area (Å²) in [5.74, 6) is 1.34. The highest BCUT2D eigenvalue weighted by molar-refractivity contribution is 6.19. The SMILES string of the molecule is COc1cc2c(cc1OC)C(/C(C#N)=C/c1ccc(C)cc1)=NCC2. The second-order valence-electron chi connectivity index (χ2n) is 5.93. The molecule has 0 aliphatic carbocycles. The second-order valence-corrected chi connectivity index (χ2v) is 5.93. The fourth-order valence-electron chi connectivity index (χ4n) is 2.93. The fourth-order valence-corrected chi connectivity index (χ4v) is 2.93. The molecular formula is C21H20N2O2. The van der Waals surface area contributed by atoms with Crippen LogP contribution >= 0.6 is 0 Å². The monoisotopic (exact) mass is 332 g/mol. The van der Waals surface area contributed by atoms with Crippen molar-refractivity contribution in [3.05, 3.63) is 64.2 Å². The van der Waals surface area contributed by atoms with Crippen molar-refractivity contribution in [2.75, 3.05) is 20.8 Å². The van der Waals surface area contributed by atoms with Gasteiger partial charge in [-0.2, -0.15) is 5.26 Å². The minimum Gasteiger partial charge on any atom is -0.493 e. The van der Waals surface area contributed by atoms with E-state index in [4.69, 9.17) is 9.47 Å². The summed E-state index contributed by atoms with van der Waals surface area (Å²) in [6.45, 7) is 2.70. The molecule has 0 N–H and O–H groups in total. The van der Waals surface area contributed by atoms with Gasteiger partial charge in [-0.1, -0.05) is 29.8 Å². The van der Waals surface area contributed by atoms with Gasteiger partial charge in [-0.15, -0.1) is 0 Å². The molecule has 0 saturated carbocycles. The number of nitrogens with zero attached hydrogens (tertiary/aromatic N) is 2. The Balaban J connectivity index is 2.07. The number of nitriles is 1. The maximum Gasteiger partial charge on any atom is 0.161 e. The molecule has 0 fully saturated rings. The van der Waals surface area contributed by atoms with Gasteiger partial charge in [0.05, 0.1) is 25.5 Å². The highest BCUT2D eigenvalue weighted by atomic mass is 16.5. The Kier molecular flexibility index (Phi) is 4.85. The first-order chi connectivity index (χ1) is 12.2. The quantitative estimate of drug-likeness (QED) is 0.796. The highest BCUT2D eigenvalue weighted by Crippen LogP contribution is 2.33. The van der Waals surface area contributed by atoms with E-state index >= 15 is 0 Å². The van der Waals surface area contributed by atoms with Gasteiger partial charge < -0.3 is 9.47 Å². The van der Waals surface area contributed by atoms with Crippen LogP contribution in [0.2, 0.25) is 0 Å². The van der Waals surface area contributed by atoms with Crippen LogP contribution in [0, 0.1) is 18.3 Å². The Morgan fingerprint density at radius 3 is 2.44 bits per heavy atom. The molecule has 0 atom stereocenters. The van der Waals surface area contributed by atoms with Crippen LogP contribution in [0.1, 0.15) is 22.3 Å². The Morgan fingerprint density at radius 1 is 1.12 bits per heavy atom. The number of hydrogen-bond acceptors (Lipinski definition) is 4. The first-order valence-corrected chi connectivity index (χ1v) is 8.15. The van der Waals surface area contributed by atoms with Crippen LogP contribution in [0.5, 0.6) is 11.5 Å². The van der Waals surface area contributed by atoms with E-state index in [-0.39, 0.29) is 0 Å². The Hall–Kier alpha value is -3.06. The average molecular weight is 332 g/mol. The molecular weight excluding hydrogens is 312 g/mol. The van der Waals surface area contributed by atoms with Crippen molar-refractivity contribution in [2.24, 2.45) is 4.99 Å². The van der Waals surface area contributed by atoms with Crippen LogP contribution in [0.3, 0.4) is 0 Å². The van der Waals surface area contributed by atoms with E-state index in [1.165, 1.54) is 5.56 Å². The predicted molar refractivity (Wildman–Crippen MR) is 99.4 cm³/mol. The lowest BCUT2D eigenvalue weighted by atomic mass is 9.92. The topological polar surface area (TPSA) is 54.6 Å². The zero-order valence-electron chi connectivity index (χ0n) is 14.7. The third-order valence-corrected chi connectivity index (χ3v) is 4.28. The number of fused-ring (bicyclic) bond motifs is 1. The number of ether oxygens (including phenoxy) is 2. The summed E-state index contributed by atoms with van der Waals surface area (Å²) >= 11 is 0. The van der Waals surface area contributed by atoms with E-state index in [1.54, 1.807) is 14.2 Å². The molecule has 1 aliphatic heterocycles. The van der Waals surface area contributed by atoms with Crippen molar-refractivity contribution >= 4 is 11.8 Å². The second kappa shape index (κ2) is 7.23. The van der Waals surface area contributed by atoms with E-state index in [1.807, 2.05) is 49.4 Å². The Labute approximate surface area is 148 Å². The normalized spacial score (nSPS) is 13.5. The molecule has 0 amide bonds. The molecule has 1 heterocycles. The largest absolute Gasteiger partial charge is 0.493 e. The van der Waals surface area contributed by atoms with Crippen LogP contribution in [-0.4, -0.2) is 26.5 Å². The van der Waals surface area contributed by atoms with Gasteiger partial charge in [0.15, 0.2) is 11.5 Å². The summed E-state index contributed by atoms with van der Waals surface area (Å²) in [7, 11) is 3.23.